The van der Waals surface area contributed by atoms with Gasteiger partial charge in [0.25, 0.3) is 0 Å². The van der Waals surface area contributed by atoms with Crippen LogP contribution in [0.5, 0.6) is 0 Å². The molecule has 132 valence electrons. The summed E-state index contributed by atoms with van der Waals surface area (Å²) in [5.74, 6) is -4.81. The van der Waals surface area contributed by atoms with Crippen LogP contribution in [0.1, 0.15) is 13.8 Å². The molecule has 0 bridgehead atoms. The molecule has 9 nitrogen and oxygen atoms in total. The topological polar surface area (TPSA) is 152 Å². The molecule has 0 aliphatic rings. The molecule has 0 amide bonds. The van der Waals surface area contributed by atoms with Crippen LogP contribution in [0, 0.1) is 0 Å². The fraction of sp³-hybridized carbons (Fsp3) is 0.429. The Bertz CT molecular complexity index is 425. The smallest absolute Gasteiger partial charge is 0.368 e. The van der Waals surface area contributed by atoms with Gasteiger partial charge in [0.2, 0.25) is 6.04 Å². The lowest BCUT2D eigenvalue weighted by molar-refractivity contribution is -0.880. The Morgan fingerprint density at radius 2 is 1.09 bits per heavy atom. The van der Waals surface area contributed by atoms with Crippen LogP contribution in [0.3, 0.4) is 0 Å². The van der Waals surface area contributed by atoms with Gasteiger partial charge in [0, 0.05) is 11.1 Å². The summed E-state index contributed by atoms with van der Waals surface area (Å²) in [7, 11) is 4.44. The second kappa shape index (κ2) is 11.0. The Balaban J connectivity index is -0.000000284. The summed E-state index contributed by atoms with van der Waals surface area (Å²) in [6, 6.07) is -1.50. The van der Waals surface area contributed by atoms with Crippen molar-refractivity contribution in [1.29, 1.82) is 0 Å². The number of likely N-dealkylation sites (N-methyl/N-ethyl adjacent to an activating group) is 1. The van der Waals surface area contributed by atoms with Crippen LogP contribution >= 0.6 is 0 Å². The number of carboxylic acids is 4. The van der Waals surface area contributed by atoms with Crippen LogP contribution in [-0.4, -0.2) is 70.9 Å². The molecule has 0 aromatic carbocycles. The van der Waals surface area contributed by atoms with Gasteiger partial charge in [-0.2, -0.15) is 0 Å². The van der Waals surface area contributed by atoms with Crippen molar-refractivity contribution in [3.05, 3.63) is 24.3 Å². The lowest BCUT2D eigenvalue weighted by Crippen LogP contribution is -2.58. The molecule has 9 heteroatoms. The Kier molecular flexibility index (Phi) is 12.1. The first-order valence-electron chi connectivity index (χ1n) is 6.08. The van der Waals surface area contributed by atoms with Gasteiger partial charge < -0.3 is 29.7 Å². The Morgan fingerprint density at radius 3 is 1.09 bits per heavy atom. The van der Waals surface area contributed by atoms with Gasteiger partial charge in [-0.1, -0.05) is 13.2 Å². The summed E-state index contributed by atoms with van der Waals surface area (Å²) in [5.41, 5.74) is 0.352. The molecule has 3 N–H and O–H groups in total. The highest BCUT2D eigenvalue weighted by Crippen LogP contribution is 2.01. The van der Waals surface area contributed by atoms with Crippen LogP contribution in [0.25, 0.3) is 0 Å². The Morgan fingerprint density at radius 1 is 0.870 bits per heavy atom. The van der Waals surface area contributed by atoms with E-state index in [1.165, 1.54) is 35.0 Å². The maximum absolute atomic E-state index is 10.4. The van der Waals surface area contributed by atoms with E-state index in [0.29, 0.717) is 0 Å². The van der Waals surface area contributed by atoms with E-state index in [-0.39, 0.29) is 15.6 Å². The van der Waals surface area contributed by atoms with Gasteiger partial charge in [-0.25, -0.2) is 14.4 Å². The van der Waals surface area contributed by atoms with Crippen molar-refractivity contribution in [1.82, 2.24) is 0 Å². The average Bonchev–Trinajstić information content (AvgIpc) is 2.26. The van der Waals surface area contributed by atoms with Crippen LogP contribution in [-0.2, 0) is 19.2 Å². The number of aliphatic carboxylic acids is 4. The van der Waals surface area contributed by atoms with Crippen molar-refractivity contribution in [3.8, 4) is 0 Å². The molecule has 0 aromatic rings. The highest BCUT2D eigenvalue weighted by Gasteiger charge is 2.32. The van der Waals surface area contributed by atoms with Crippen molar-refractivity contribution >= 4 is 23.9 Å². The fourth-order valence-electron chi connectivity index (χ4n) is 0.748. The van der Waals surface area contributed by atoms with Gasteiger partial charge in [0.15, 0.2) is 0 Å². The molecule has 0 heterocycles. The van der Waals surface area contributed by atoms with Crippen LogP contribution < -0.4 is 5.11 Å². The van der Waals surface area contributed by atoms with E-state index in [2.05, 4.69) is 13.2 Å². The number of rotatable bonds is 5. The van der Waals surface area contributed by atoms with Crippen molar-refractivity contribution < 1.29 is 44.1 Å². The van der Waals surface area contributed by atoms with Crippen molar-refractivity contribution in [2.75, 3.05) is 21.1 Å². The lowest BCUT2D eigenvalue weighted by Gasteiger charge is -2.31. The zero-order valence-electron chi connectivity index (χ0n) is 13.8. The predicted molar refractivity (Wildman–Crippen MR) is 79.4 cm³/mol. The average molecular weight is 333 g/mol. The summed E-state index contributed by atoms with van der Waals surface area (Å²) in [6.45, 7) is 9.20. The van der Waals surface area contributed by atoms with Gasteiger partial charge in [-0.3, -0.25) is 0 Å². The van der Waals surface area contributed by atoms with E-state index in [0.717, 1.165) is 0 Å². The summed E-state index contributed by atoms with van der Waals surface area (Å²) < 4.78 is -0.183. The number of hydrogen-bond donors (Lipinski definition) is 3. The molecule has 0 aliphatic carbocycles. The van der Waals surface area contributed by atoms with Crippen molar-refractivity contribution in [3.63, 3.8) is 0 Å². The molecular formula is C14H23NO8. The number of carbonyl (C=O) groups is 4. The maximum Gasteiger partial charge on any atom is 0.368 e. The molecule has 0 fully saturated rings. The number of carbonyl (C=O) groups excluding carboxylic acids is 1. The first-order valence-corrected chi connectivity index (χ1v) is 6.08. The molecule has 0 spiro atoms. The first-order chi connectivity index (χ1) is 10.1. The molecule has 0 aliphatic heterocycles. The van der Waals surface area contributed by atoms with E-state index in [9.17, 15) is 24.3 Å². The molecule has 0 rings (SSSR count). The third-order valence-electron chi connectivity index (χ3n) is 1.96. The quantitative estimate of drug-likeness (QED) is 0.335. The van der Waals surface area contributed by atoms with Crippen molar-refractivity contribution in [2.45, 2.75) is 19.9 Å². The SMILES string of the molecule is C=C(C)C(=O)O.C=C(C)C(=O)O.C[N+](C)(C)C(C(=O)[O-])C(=O)O. The van der Waals surface area contributed by atoms with E-state index in [1.54, 1.807) is 0 Å². The number of carboxylic acid groups (broad SMARTS) is 4. The largest absolute Gasteiger partial charge is 0.543 e. The number of nitrogens with zero attached hydrogens (tertiary/aromatic N) is 1. The highest BCUT2D eigenvalue weighted by atomic mass is 16.4. The van der Waals surface area contributed by atoms with Gasteiger partial charge >= 0.3 is 17.9 Å². The second-order valence-corrected chi connectivity index (χ2v) is 5.35. The molecule has 0 aromatic heterocycles. The summed E-state index contributed by atoms with van der Waals surface area (Å²) in [6.07, 6.45) is 0. The predicted octanol–water partition coefficient (Wildman–Crippen LogP) is -0.810. The Labute approximate surface area is 134 Å². The standard InChI is InChI=1S/C6H11NO4.2C4H6O2/c1-7(2,3)4(5(8)9)6(10)11;2*1-3(2)4(5)6/h4H,1-3H3,(H-,8,9,10,11);2*1H2,2H3,(H,5,6). The second-order valence-electron chi connectivity index (χ2n) is 5.35. The molecule has 1 atom stereocenters. The molecule has 0 radical (unpaired) electrons. The van der Waals surface area contributed by atoms with Gasteiger partial charge in [0.05, 0.1) is 21.1 Å². The third-order valence-corrected chi connectivity index (χ3v) is 1.96. The third kappa shape index (κ3) is 15.5. The molecule has 23 heavy (non-hydrogen) atoms. The summed E-state index contributed by atoms with van der Waals surface area (Å²) >= 11 is 0. The zero-order chi connectivity index (χ0) is 19.5. The maximum atomic E-state index is 10.4. The van der Waals surface area contributed by atoms with Gasteiger partial charge in [-0.15, -0.1) is 0 Å². The van der Waals surface area contributed by atoms with Crippen LogP contribution in [0.15, 0.2) is 24.3 Å². The van der Waals surface area contributed by atoms with Gasteiger partial charge in [-0.05, 0) is 13.8 Å². The molecular weight excluding hydrogens is 310 g/mol. The van der Waals surface area contributed by atoms with E-state index < -0.39 is 29.9 Å². The van der Waals surface area contributed by atoms with E-state index in [1.807, 2.05) is 0 Å². The van der Waals surface area contributed by atoms with Crippen LogP contribution in [0.4, 0.5) is 0 Å². The highest BCUT2D eigenvalue weighted by molar-refractivity contribution is 5.94. The lowest BCUT2D eigenvalue weighted by atomic mass is 10.2. The van der Waals surface area contributed by atoms with Crippen LogP contribution in [0.2, 0.25) is 0 Å². The normalized spacial score (nSPS) is 10.7. The molecule has 0 saturated heterocycles. The molecule has 1 unspecified atom stereocenters. The monoisotopic (exact) mass is 333 g/mol. The van der Waals surface area contributed by atoms with E-state index in [4.69, 9.17) is 15.3 Å². The Hall–Kier alpha value is -2.68. The summed E-state index contributed by atoms with van der Waals surface area (Å²) in [5, 5.41) is 34.5. The zero-order valence-corrected chi connectivity index (χ0v) is 13.8. The fourth-order valence-corrected chi connectivity index (χ4v) is 0.748. The summed E-state index contributed by atoms with van der Waals surface area (Å²) in [4.78, 5) is 39.8. The minimum atomic E-state index is -1.56. The number of quaternary nitrogens is 1. The minimum absolute atomic E-state index is 0.176. The van der Waals surface area contributed by atoms with E-state index >= 15 is 0 Å². The first kappa shape index (κ1) is 25.3. The van der Waals surface area contributed by atoms with Crippen molar-refractivity contribution in [2.24, 2.45) is 0 Å². The molecule has 0 saturated carbocycles. The number of hydrogen-bond acceptors (Lipinski definition) is 5. The van der Waals surface area contributed by atoms with Gasteiger partial charge in [0.1, 0.15) is 5.97 Å². The minimum Gasteiger partial charge on any atom is -0.543 e.